The highest BCUT2D eigenvalue weighted by Gasteiger charge is 2.11. The van der Waals surface area contributed by atoms with E-state index in [1.54, 1.807) is 12.1 Å². The number of rotatable bonds is 5. The van der Waals surface area contributed by atoms with Gasteiger partial charge in [0.05, 0.1) is 6.20 Å². The van der Waals surface area contributed by atoms with Crippen molar-refractivity contribution in [3.8, 4) is 11.6 Å². The SMILES string of the molecule is CC(C)NCc1cc(F)cnc1Oc1ccccc1F. The van der Waals surface area contributed by atoms with Gasteiger partial charge in [0.25, 0.3) is 0 Å². The molecule has 0 atom stereocenters. The van der Waals surface area contributed by atoms with Gasteiger partial charge in [-0.05, 0) is 18.2 Å². The molecule has 0 radical (unpaired) electrons. The Morgan fingerprint density at radius 3 is 2.70 bits per heavy atom. The van der Waals surface area contributed by atoms with E-state index >= 15 is 0 Å². The minimum Gasteiger partial charge on any atom is -0.436 e. The number of pyridine rings is 1. The Morgan fingerprint density at radius 2 is 2.00 bits per heavy atom. The molecule has 0 unspecified atom stereocenters. The summed E-state index contributed by atoms with van der Waals surface area (Å²) in [7, 11) is 0. The molecule has 106 valence electrons. The van der Waals surface area contributed by atoms with Gasteiger partial charge in [-0.15, -0.1) is 0 Å². The van der Waals surface area contributed by atoms with Gasteiger partial charge < -0.3 is 10.1 Å². The highest BCUT2D eigenvalue weighted by atomic mass is 19.1. The maximum absolute atomic E-state index is 13.6. The van der Waals surface area contributed by atoms with E-state index in [2.05, 4.69) is 10.3 Å². The van der Waals surface area contributed by atoms with Crippen molar-refractivity contribution in [1.82, 2.24) is 10.3 Å². The van der Waals surface area contributed by atoms with E-state index in [0.29, 0.717) is 12.1 Å². The normalized spacial score (nSPS) is 10.8. The number of hydrogen-bond acceptors (Lipinski definition) is 3. The molecule has 1 heterocycles. The molecule has 0 saturated carbocycles. The molecule has 0 spiro atoms. The third-order valence-electron chi connectivity index (χ3n) is 2.64. The van der Waals surface area contributed by atoms with Crippen molar-refractivity contribution in [2.45, 2.75) is 26.4 Å². The standard InChI is InChI=1S/C15H16F2N2O/c1-10(2)18-8-11-7-12(16)9-19-15(11)20-14-6-4-3-5-13(14)17/h3-7,9-10,18H,8H2,1-2H3. The van der Waals surface area contributed by atoms with Crippen LogP contribution in [-0.4, -0.2) is 11.0 Å². The average molecular weight is 278 g/mol. The molecular formula is C15H16F2N2O. The van der Waals surface area contributed by atoms with Crippen LogP contribution in [0.2, 0.25) is 0 Å². The Balaban J connectivity index is 2.24. The number of halogens is 2. The van der Waals surface area contributed by atoms with Gasteiger partial charge in [-0.2, -0.15) is 0 Å². The van der Waals surface area contributed by atoms with E-state index in [1.807, 2.05) is 13.8 Å². The number of nitrogens with one attached hydrogen (secondary N) is 1. The fourth-order valence-electron chi connectivity index (χ4n) is 1.63. The largest absolute Gasteiger partial charge is 0.436 e. The van der Waals surface area contributed by atoms with Crippen LogP contribution in [0.25, 0.3) is 0 Å². The topological polar surface area (TPSA) is 34.2 Å². The van der Waals surface area contributed by atoms with Gasteiger partial charge in [-0.25, -0.2) is 13.8 Å². The summed E-state index contributed by atoms with van der Waals surface area (Å²) < 4.78 is 32.3. The van der Waals surface area contributed by atoms with Gasteiger partial charge in [0.1, 0.15) is 5.82 Å². The van der Waals surface area contributed by atoms with E-state index in [4.69, 9.17) is 4.74 Å². The van der Waals surface area contributed by atoms with Gasteiger partial charge in [-0.3, -0.25) is 0 Å². The third kappa shape index (κ3) is 3.74. The van der Waals surface area contributed by atoms with Crippen molar-refractivity contribution in [3.05, 3.63) is 53.7 Å². The van der Waals surface area contributed by atoms with Crippen molar-refractivity contribution < 1.29 is 13.5 Å². The minimum atomic E-state index is -0.485. The van der Waals surface area contributed by atoms with E-state index < -0.39 is 11.6 Å². The first-order chi connectivity index (χ1) is 9.56. The number of benzene rings is 1. The summed E-state index contributed by atoms with van der Waals surface area (Å²) >= 11 is 0. The summed E-state index contributed by atoms with van der Waals surface area (Å²) in [4.78, 5) is 3.89. The molecule has 0 amide bonds. The molecule has 1 N–H and O–H groups in total. The van der Waals surface area contributed by atoms with Crippen molar-refractivity contribution in [2.75, 3.05) is 0 Å². The average Bonchev–Trinajstić information content (AvgIpc) is 2.41. The fraction of sp³-hybridized carbons (Fsp3) is 0.267. The van der Waals surface area contributed by atoms with Crippen LogP contribution in [0, 0.1) is 11.6 Å². The van der Waals surface area contributed by atoms with Crippen LogP contribution in [-0.2, 0) is 6.54 Å². The first kappa shape index (κ1) is 14.4. The van der Waals surface area contributed by atoms with Crippen LogP contribution < -0.4 is 10.1 Å². The lowest BCUT2D eigenvalue weighted by Crippen LogP contribution is -2.22. The molecule has 5 heteroatoms. The molecule has 1 aromatic heterocycles. The summed E-state index contributed by atoms with van der Waals surface area (Å²) in [6.07, 6.45) is 1.05. The number of para-hydroxylation sites is 1. The molecule has 0 bridgehead atoms. The van der Waals surface area contributed by atoms with E-state index in [9.17, 15) is 8.78 Å². The second-order valence-electron chi connectivity index (χ2n) is 4.69. The zero-order valence-corrected chi connectivity index (χ0v) is 11.4. The Kier molecular flexibility index (Phi) is 4.63. The van der Waals surface area contributed by atoms with Crippen molar-refractivity contribution in [3.63, 3.8) is 0 Å². The van der Waals surface area contributed by atoms with E-state index in [0.717, 1.165) is 6.20 Å². The Labute approximate surface area is 116 Å². The molecule has 2 aromatic rings. The monoisotopic (exact) mass is 278 g/mol. The molecule has 0 fully saturated rings. The Morgan fingerprint density at radius 1 is 1.25 bits per heavy atom. The van der Waals surface area contributed by atoms with E-state index in [1.165, 1.54) is 18.2 Å². The summed E-state index contributed by atoms with van der Waals surface area (Å²) in [5, 5.41) is 3.15. The second-order valence-corrected chi connectivity index (χ2v) is 4.69. The number of aromatic nitrogens is 1. The summed E-state index contributed by atoms with van der Waals surface area (Å²) in [5.74, 6) is -0.671. The molecular weight excluding hydrogens is 262 g/mol. The summed E-state index contributed by atoms with van der Waals surface area (Å²) in [6.45, 7) is 4.35. The van der Waals surface area contributed by atoms with Gasteiger partial charge >= 0.3 is 0 Å². The maximum atomic E-state index is 13.6. The summed E-state index contributed by atoms with van der Waals surface area (Å²) in [6, 6.07) is 7.60. The van der Waals surface area contributed by atoms with Crippen LogP contribution in [0.3, 0.4) is 0 Å². The van der Waals surface area contributed by atoms with Gasteiger partial charge in [0, 0.05) is 18.2 Å². The van der Waals surface area contributed by atoms with Gasteiger partial charge in [0.2, 0.25) is 5.88 Å². The third-order valence-corrected chi connectivity index (χ3v) is 2.64. The molecule has 0 aliphatic carbocycles. The van der Waals surface area contributed by atoms with E-state index in [-0.39, 0.29) is 17.7 Å². The first-order valence-electron chi connectivity index (χ1n) is 6.36. The number of hydrogen-bond donors (Lipinski definition) is 1. The van der Waals surface area contributed by atoms with Crippen molar-refractivity contribution in [1.29, 1.82) is 0 Å². The predicted octanol–water partition coefficient (Wildman–Crippen LogP) is 3.65. The predicted molar refractivity (Wildman–Crippen MR) is 72.6 cm³/mol. The molecule has 0 aliphatic rings. The quantitative estimate of drug-likeness (QED) is 0.906. The zero-order valence-electron chi connectivity index (χ0n) is 11.4. The van der Waals surface area contributed by atoms with Crippen LogP contribution in [0.4, 0.5) is 8.78 Å². The molecule has 20 heavy (non-hydrogen) atoms. The maximum Gasteiger partial charge on any atom is 0.224 e. The lowest BCUT2D eigenvalue weighted by Gasteiger charge is -2.13. The molecule has 3 nitrogen and oxygen atoms in total. The van der Waals surface area contributed by atoms with Gasteiger partial charge in [0.15, 0.2) is 11.6 Å². The Bertz CT molecular complexity index is 588. The second kappa shape index (κ2) is 6.43. The molecule has 1 aromatic carbocycles. The van der Waals surface area contributed by atoms with Crippen LogP contribution >= 0.6 is 0 Å². The zero-order chi connectivity index (χ0) is 14.5. The number of ether oxygens (including phenoxy) is 1. The highest BCUT2D eigenvalue weighted by molar-refractivity contribution is 5.33. The summed E-state index contributed by atoms with van der Waals surface area (Å²) in [5.41, 5.74) is 0.543. The van der Waals surface area contributed by atoms with Crippen LogP contribution in [0.15, 0.2) is 36.5 Å². The van der Waals surface area contributed by atoms with Gasteiger partial charge in [-0.1, -0.05) is 26.0 Å². The number of nitrogens with zero attached hydrogens (tertiary/aromatic N) is 1. The lowest BCUT2D eigenvalue weighted by molar-refractivity contribution is 0.416. The molecule has 0 aliphatic heterocycles. The van der Waals surface area contributed by atoms with Crippen molar-refractivity contribution >= 4 is 0 Å². The minimum absolute atomic E-state index is 0.0670. The van der Waals surface area contributed by atoms with Crippen LogP contribution in [0.5, 0.6) is 11.6 Å². The first-order valence-corrected chi connectivity index (χ1v) is 6.36. The van der Waals surface area contributed by atoms with Crippen molar-refractivity contribution in [2.24, 2.45) is 0 Å². The fourth-order valence-corrected chi connectivity index (χ4v) is 1.63. The molecule has 0 saturated heterocycles. The smallest absolute Gasteiger partial charge is 0.224 e. The molecule has 2 rings (SSSR count). The van der Waals surface area contributed by atoms with Crippen LogP contribution in [0.1, 0.15) is 19.4 Å². The Hall–Kier alpha value is -2.01. The highest BCUT2D eigenvalue weighted by Crippen LogP contribution is 2.25. The lowest BCUT2D eigenvalue weighted by atomic mass is 10.2.